The maximum absolute atomic E-state index is 8.15. The molecule has 0 fully saturated rings. The van der Waals surface area contributed by atoms with Crippen LogP contribution in [0.1, 0.15) is 1.43 Å². The number of nitrogens with zero attached hydrogens (tertiary/aromatic N) is 2. The summed E-state index contributed by atoms with van der Waals surface area (Å²) >= 11 is 4.26. The van der Waals surface area contributed by atoms with Crippen molar-refractivity contribution >= 4 is 32.0 Å². The van der Waals surface area contributed by atoms with E-state index in [1.54, 1.807) is 12.1 Å². The third-order valence-corrected chi connectivity index (χ3v) is 1.39. The second-order valence-corrected chi connectivity index (χ2v) is 4.46. The maximum atomic E-state index is 8.15. The van der Waals surface area contributed by atoms with Gasteiger partial charge in [0.05, 0.1) is 0 Å². The van der Waals surface area contributed by atoms with Crippen LogP contribution in [0.3, 0.4) is 0 Å². The predicted octanol–water partition coefficient (Wildman–Crippen LogP) is -3.84. The van der Waals surface area contributed by atoms with E-state index in [1.165, 1.54) is 0 Å². The third kappa shape index (κ3) is 5.82. The Labute approximate surface area is 114 Å². The molecule has 0 aromatic rings. The van der Waals surface area contributed by atoms with E-state index in [-0.39, 0.29) is 58.4 Å². The Kier molecular flexibility index (Phi) is 10.9. The van der Waals surface area contributed by atoms with Gasteiger partial charge in [0, 0.05) is 0 Å². The van der Waals surface area contributed by atoms with Crippen molar-refractivity contribution in [3.05, 3.63) is 8.94 Å². The molecule has 0 aliphatic heterocycles. The monoisotopic (exact) mass is 278 g/mol. The van der Waals surface area contributed by atoms with Crippen molar-refractivity contribution < 1.29 is 52.8 Å². The Morgan fingerprint density at radius 2 is 1.56 bits per heavy atom. The van der Waals surface area contributed by atoms with E-state index in [0.717, 1.165) is 0 Å². The molecule has 42 valence electrons. The zero-order valence-corrected chi connectivity index (χ0v) is 11.7. The minimum absolute atomic E-state index is 0. The molecule has 0 aromatic carbocycles. The van der Waals surface area contributed by atoms with Crippen LogP contribution in [0.25, 0.3) is 0 Å². The molecule has 0 unspecified atom stereocenters. The molecule has 0 saturated heterocycles. The van der Waals surface area contributed by atoms with E-state index in [9.17, 15) is 0 Å². The van der Waals surface area contributed by atoms with Gasteiger partial charge >= 0.3 is 115 Å². The Morgan fingerprint density at radius 1 is 1.22 bits per heavy atom. The van der Waals surface area contributed by atoms with E-state index in [0.29, 0.717) is 3.37 Å². The summed E-state index contributed by atoms with van der Waals surface area (Å²) in [5.41, 5.74) is 0.157. The van der Waals surface area contributed by atoms with Crippen LogP contribution in [-0.4, -0.2) is 32.0 Å². The van der Waals surface area contributed by atoms with Crippen LogP contribution in [0.5, 0.6) is 0 Å². The molecule has 5 heteroatoms. The molecule has 0 aliphatic carbocycles. The molecule has 0 aliphatic rings. The second-order valence-electron chi connectivity index (χ2n) is 0.922. The van der Waals surface area contributed by atoms with Crippen molar-refractivity contribution in [2.24, 2.45) is 0 Å². The zero-order chi connectivity index (χ0) is 6.57. The Bertz CT molecular complexity index is 182. The van der Waals surface area contributed by atoms with Crippen molar-refractivity contribution in [3.63, 3.8) is 0 Å². The van der Waals surface area contributed by atoms with Crippen molar-refractivity contribution in [2.45, 2.75) is 0 Å². The first-order chi connectivity index (χ1) is 3.72. The molecule has 0 aromatic heterocycles. The van der Waals surface area contributed by atoms with Crippen LogP contribution >= 0.6 is 0 Å². The first-order valence-electron chi connectivity index (χ1n) is 1.64. The maximum Gasteiger partial charge on any atom is 1.00 e. The summed E-state index contributed by atoms with van der Waals surface area (Å²) in [6.07, 6.45) is 0. The molecule has 0 N–H and O–H groups in total. The van der Waals surface area contributed by atoms with Crippen molar-refractivity contribution in [1.29, 1.82) is 10.5 Å². The van der Waals surface area contributed by atoms with E-state index >= 15 is 0 Å². The summed E-state index contributed by atoms with van der Waals surface area (Å²) in [4.78, 5) is 0. The number of hydrogen-bond acceptors (Lipinski definition) is 2. The molecule has 0 bridgehead atoms. The van der Waals surface area contributed by atoms with E-state index in [4.69, 9.17) is 10.5 Å². The fourth-order valence-corrected chi connectivity index (χ4v) is 0.545. The van der Waals surface area contributed by atoms with Crippen LogP contribution in [0.15, 0.2) is 8.94 Å². The largest absolute Gasteiger partial charge is 1.00 e. The third-order valence-electron chi connectivity index (χ3n) is 0.447. The number of allylic oxidation sites excluding steroid dienone is 1. The summed E-state index contributed by atoms with van der Waals surface area (Å²) < 4.78 is 0.648. The van der Waals surface area contributed by atoms with Crippen LogP contribution in [0, 0.1) is 22.7 Å². The quantitative estimate of drug-likeness (QED) is 0.336. The number of nitriles is 2. The second kappa shape index (κ2) is 7.50. The average Bonchev–Trinajstić information content (AvgIpc) is 1.69. The Balaban J connectivity index is -0.000000245. The molecule has 0 spiro atoms. The molecule has 0 radical (unpaired) electrons. The smallest absolute Gasteiger partial charge is 1.00 e. The molecule has 0 atom stereocenters. The summed E-state index contributed by atoms with van der Waals surface area (Å²) in [6, 6.07) is 3.48. The first-order valence-corrected chi connectivity index (χ1v) is 3.52. The molecular formula is C4H3KN2Se2. The minimum atomic E-state index is 0. The van der Waals surface area contributed by atoms with Gasteiger partial charge in [0.25, 0.3) is 0 Å². The van der Waals surface area contributed by atoms with Crippen molar-refractivity contribution in [2.75, 3.05) is 0 Å². The number of rotatable bonds is 0. The molecular weight excluding hydrogens is 273 g/mol. The molecule has 9 heavy (non-hydrogen) atoms. The average molecular weight is 276 g/mol. The Morgan fingerprint density at radius 3 is 1.56 bits per heavy atom. The standard InChI is InChI=1S/C4H2N2Se2.K.H/c5-1-3(2-6)4(7)8;;/h7-8H;;/q;+1;-1. The van der Waals surface area contributed by atoms with E-state index in [2.05, 4.69) is 32.0 Å². The van der Waals surface area contributed by atoms with Crippen LogP contribution in [0.2, 0.25) is 0 Å². The van der Waals surface area contributed by atoms with Crippen LogP contribution in [-0.2, 0) is 0 Å². The zero-order valence-electron chi connectivity index (χ0n) is 5.79. The van der Waals surface area contributed by atoms with Crippen molar-refractivity contribution in [3.8, 4) is 12.1 Å². The predicted molar refractivity (Wildman–Crippen MR) is 33.7 cm³/mol. The van der Waals surface area contributed by atoms with Crippen molar-refractivity contribution in [1.82, 2.24) is 0 Å². The number of hydrogen-bond donors (Lipinski definition) is 0. The summed E-state index contributed by atoms with van der Waals surface area (Å²) in [6.45, 7) is 0. The van der Waals surface area contributed by atoms with E-state index < -0.39 is 0 Å². The molecule has 0 amide bonds. The summed E-state index contributed by atoms with van der Waals surface area (Å²) in [5.74, 6) is 0. The molecule has 0 rings (SSSR count). The van der Waals surface area contributed by atoms with Gasteiger partial charge in [-0.1, -0.05) is 0 Å². The minimum Gasteiger partial charge on any atom is -1.00 e. The van der Waals surface area contributed by atoms with Gasteiger partial charge in [0.1, 0.15) is 0 Å². The van der Waals surface area contributed by atoms with Gasteiger partial charge in [-0.3, -0.25) is 0 Å². The van der Waals surface area contributed by atoms with Crippen LogP contribution < -0.4 is 51.4 Å². The topological polar surface area (TPSA) is 47.6 Å². The first kappa shape index (κ1) is 13.0. The fourth-order valence-electron chi connectivity index (χ4n) is 0.125. The Hall–Kier alpha value is 1.40. The fraction of sp³-hybridized carbons (Fsp3) is 0. The van der Waals surface area contributed by atoms with Crippen LogP contribution in [0.4, 0.5) is 0 Å². The molecule has 0 saturated carbocycles. The van der Waals surface area contributed by atoms with Gasteiger partial charge in [0.15, 0.2) is 0 Å². The summed E-state index contributed by atoms with van der Waals surface area (Å²) in [5, 5.41) is 16.3. The molecule has 2 nitrogen and oxygen atoms in total. The normalized spacial score (nSPS) is 5.78. The van der Waals surface area contributed by atoms with E-state index in [1.807, 2.05) is 0 Å². The van der Waals surface area contributed by atoms with Gasteiger partial charge in [-0.05, 0) is 0 Å². The van der Waals surface area contributed by atoms with Gasteiger partial charge in [-0.15, -0.1) is 0 Å². The van der Waals surface area contributed by atoms with Gasteiger partial charge in [0.2, 0.25) is 0 Å². The SMILES string of the molecule is N#CC(C#N)=C([SeH])[SeH].[H-].[K+]. The van der Waals surface area contributed by atoms with Gasteiger partial charge in [-0.25, -0.2) is 0 Å². The van der Waals surface area contributed by atoms with Gasteiger partial charge < -0.3 is 1.43 Å². The summed E-state index contributed by atoms with van der Waals surface area (Å²) in [7, 11) is 0. The molecule has 0 heterocycles. The van der Waals surface area contributed by atoms with Gasteiger partial charge in [-0.2, -0.15) is 0 Å².